The molecule has 0 heterocycles. The van der Waals surface area contributed by atoms with Crippen LogP contribution < -0.4 is 14.2 Å². The van der Waals surface area contributed by atoms with E-state index in [-0.39, 0.29) is 17.5 Å². The van der Waals surface area contributed by atoms with E-state index >= 15 is 0 Å². The first-order valence-corrected chi connectivity index (χ1v) is 10.6. The average molecular weight is 400 g/mol. The molecule has 0 saturated carbocycles. The van der Waals surface area contributed by atoms with Gasteiger partial charge in [-0.1, -0.05) is 18.2 Å². The van der Waals surface area contributed by atoms with Crippen molar-refractivity contribution in [3.8, 4) is 11.5 Å². The highest BCUT2D eigenvalue weighted by Crippen LogP contribution is 2.24. The minimum atomic E-state index is -3.65. The number of aryl methyl sites for hydroxylation is 2. The Balaban J connectivity index is 1.69. The standard InChI is InChI=1S/C22H25NO4S/c1-15-5-8-21(11-16(15)2)27-14-17(3)23-28(24,25)22-10-7-18-12-20(26-4)9-6-19(18)13-22/h5-13,17,23H,14H2,1-4H3/t17-/m1/s1. The van der Waals surface area contributed by atoms with E-state index in [0.29, 0.717) is 0 Å². The van der Waals surface area contributed by atoms with Gasteiger partial charge < -0.3 is 9.47 Å². The number of nitrogens with one attached hydrogen (secondary N) is 1. The fourth-order valence-corrected chi connectivity index (χ4v) is 4.15. The topological polar surface area (TPSA) is 64.6 Å². The largest absolute Gasteiger partial charge is 0.497 e. The smallest absolute Gasteiger partial charge is 0.240 e. The minimum Gasteiger partial charge on any atom is -0.497 e. The fraction of sp³-hybridized carbons (Fsp3) is 0.273. The molecule has 0 amide bonds. The van der Waals surface area contributed by atoms with Gasteiger partial charge in [0.25, 0.3) is 0 Å². The third-order valence-corrected chi connectivity index (χ3v) is 6.25. The van der Waals surface area contributed by atoms with E-state index in [1.807, 2.05) is 50.2 Å². The molecule has 0 unspecified atom stereocenters. The third kappa shape index (κ3) is 4.64. The second-order valence-electron chi connectivity index (χ2n) is 6.95. The molecule has 0 radical (unpaired) electrons. The fourth-order valence-electron chi connectivity index (χ4n) is 2.89. The molecular formula is C22H25NO4S. The highest BCUT2D eigenvalue weighted by Gasteiger charge is 2.18. The molecule has 0 saturated heterocycles. The number of fused-ring (bicyclic) bond motifs is 1. The van der Waals surface area contributed by atoms with Gasteiger partial charge in [0.1, 0.15) is 18.1 Å². The highest BCUT2D eigenvalue weighted by atomic mass is 32.2. The van der Waals surface area contributed by atoms with E-state index in [1.165, 1.54) is 5.56 Å². The maximum atomic E-state index is 12.7. The van der Waals surface area contributed by atoms with Gasteiger partial charge in [0, 0.05) is 0 Å². The average Bonchev–Trinajstić information content (AvgIpc) is 2.67. The van der Waals surface area contributed by atoms with Crippen LogP contribution in [0, 0.1) is 13.8 Å². The van der Waals surface area contributed by atoms with Crippen molar-refractivity contribution >= 4 is 20.8 Å². The number of hydrogen-bond donors (Lipinski definition) is 1. The van der Waals surface area contributed by atoms with Crippen molar-refractivity contribution in [2.75, 3.05) is 13.7 Å². The minimum absolute atomic E-state index is 0.225. The van der Waals surface area contributed by atoms with Crippen LogP contribution in [0.2, 0.25) is 0 Å². The lowest BCUT2D eigenvalue weighted by molar-refractivity contribution is 0.287. The predicted molar refractivity (Wildman–Crippen MR) is 112 cm³/mol. The monoisotopic (exact) mass is 399 g/mol. The zero-order valence-corrected chi connectivity index (χ0v) is 17.3. The zero-order valence-electron chi connectivity index (χ0n) is 16.5. The van der Waals surface area contributed by atoms with Gasteiger partial charge in [0.05, 0.1) is 18.0 Å². The van der Waals surface area contributed by atoms with E-state index in [4.69, 9.17) is 9.47 Å². The van der Waals surface area contributed by atoms with Crippen LogP contribution >= 0.6 is 0 Å². The van der Waals surface area contributed by atoms with Crippen molar-refractivity contribution in [2.24, 2.45) is 0 Å². The molecule has 148 valence electrons. The molecule has 0 fully saturated rings. The molecule has 28 heavy (non-hydrogen) atoms. The molecule has 6 heteroatoms. The van der Waals surface area contributed by atoms with E-state index in [0.717, 1.165) is 27.8 Å². The Labute approximate surface area is 166 Å². The molecule has 1 atom stereocenters. The molecule has 0 aliphatic heterocycles. The van der Waals surface area contributed by atoms with Crippen LogP contribution in [0.5, 0.6) is 11.5 Å². The quantitative estimate of drug-likeness (QED) is 0.646. The van der Waals surface area contributed by atoms with E-state index < -0.39 is 10.0 Å². The summed E-state index contributed by atoms with van der Waals surface area (Å²) < 4.78 is 39.1. The molecule has 0 aromatic heterocycles. The van der Waals surface area contributed by atoms with Crippen LogP contribution in [0.1, 0.15) is 18.1 Å². The van der Waals surface area contributed by atoms with Gasteiger partial charge >= 0.3 is 0 Å². The van der Waals surface area contributed by atoms with Gasteiger partial charge in [-0.3, -0.25) is 0 Å². The normalized spacial score (nSPS) is 12.7. The van der Waals surface area contributed by atoms with Crippen molar-refractivity contribution in [1.29, 1.82) is 0 Å². The van der Waals surface area contributed by atoms with Gasteiger partial charge in [-0.2, -0.15) is 0 Å². The molecule has 0 aliphatic carbocycles. The number of rotatable bonds is 7. The maximum Gasteiger partial charge on any atom is 0.240 e. The molecule has 5 nitrogen and oxygen atoms in total. The van der Waals surface area contributed by atoms with E-state index in [2.05, 4.69) is 4.72 Å². The Kier molecular flexibility index (Phi) is 5.91. The summed E-state index contributed by atoms with van der Waals surface area (Å²) in [7, 11) is -2.04. The van der Waals surface area contributed by atoms with Gasteiger partial charge in [0.2, 0.25) is 10.0 Å². The first-order chi connectivity index (χ1) is 13.3. The summed E-state index contributed by atoms with van der Waals surface area (Å²) in [5, 5.41) is 1.76. The summed E-state index contributed by atoms with van der Waals surface area (Å²) in [6.07, 6.45) is 0. The Bertz CT molecular complexity index is 1090. The van der Waals surface area contributed by atoms with Crippen molar-refractivity contribution in [3.05, 3.63) is 65.7 Å². The first-order valence-electron chi connectivity index (χ1n) is 9.09. The molecule has 0 spiro atoms. The molecule has 0 aliphatic rings. The molecular weight excluding hydrogens is 374 g/mol. The summed E-state index contributed by atoms with van der Waals surface area (Å²) in [6.45, 7) is 6.08. The van der Waals surface area contributed by atoms with Crippen LogP contribution in [-0.4, -0.2) is 28.2 Å². The van der Waals surface area contributed by atoms with Crippen molar-refractivity contribution in [2.45, 2.75) is 31.7 Å². The molecule has 0 bridgehead atoms. The lowest BCUT2D eigenvalue weighted by Crippen LogP contribution is -2.36. The summed E-state index contributed by atoms with van der Waals surface area (Å²) >= 11 is 0. The van der Waals surface area contributed by atoms with Crippen LogP contribution in [0.15, 0.2) is 59.5 Å². The Morgan fingerprint density at radius 2 is 1.57 bits per heavy atom. The predicted octanol–water partition coefficient (Wildman–Crippen LogP) is 4.21. The molecule has 3 aromatic rings. The van der Waals surface area contributed by atoms with Crippen LogP contribution in [0.25, 0.3) is 10.8 Å². The number of hydrogen-bond acceptors (Lipinski definition) is 4. The summed E-state index contributed by atoms with van der Waals surface area (Å²) in [4.78, 5) is 0.225. The van der Waals surface area contributed by atoms with Crippen LogP contribution in [-0.2, 0) is 10.0 Å². The zero-order chi connectivity index (χ0) is 20.3. The summed E-state index contributed by atoms with van der Waals surface area (Å²) in [6, 6.07) is 16.0. The van der Waals surface area contributed by atoms with Gasteiger partial charge in [-0.15, -0.1) is 0 Å². The van der Waals surface area contributed by atoms with E-state index in [9.17, 15) is 8.42 Å². The van der Waals surface area contributed by atoms with Crippen molar-refractivity contribution in [1.82, 2.24) is 4.72 Å². The van der Waals surface area contributed by atoms with Crippen molar-refractivity contribution in [3.63, 3.8) is 0 Å². The highest BCUT2D eigenvalue weighted by molar-refractivity contribution is 7.89. The molecule has 3 aromatic carbocycles. The number of sulfonamides is 1. The molecule has 3 rings (SSSR count). The lowest BCUT2D eigenvalue weighted by Gasteiger charge is -2.16. The SMILES string of the molecule is COc1ccc2cc(S(=O)(=O)N[C@H](C)COc3ccc(C)c(C)c3)ccc2c1. The third-order valence-electron chi connectivity index (χ3n) is 4.66. The van der Waals surface area contributed by atoms with Crippen molar-refractivity contribution < 1.29 is 17.9 Å². The molecule has 1 N–H and O–H groups in total. The van der Waals surface area contributed by atoms with E-state index in [1.54, 1.807) is 32.2 Å². The Hall–Kier alpha value is -2.57. The summed E-state index contributed by atoms with van der Waals surface area (Å²) in [5.74, 6) is 1.46. The number of ether oxygens (including phenoxy) is 2. The number of benzene rings is 3. The Morgan fingerprint density at radius 1 is 0.893 bits per heavy atom. The lowest BCUT2D eigenvalue weighted by atomic mass is 10.1. The van der Waals surface area contributed by atoms with Crippen LogP contribution in [0.4, 0.5) is 0 Å². The van der Waals surface area contributed by atoms with Gasteiger partial charge in [-0.25, -0.2) is 13.1 Å². The second kappa shape index (κ2) is 8.20. The van der Waals surface area contributed by atoms with Gasteiger partial charge in [0.15, 0.2) is 0 Å². The second-order valence-corrected chi connectivity index (χ2v) is 8.67. The van der Waals surface area contributed by atoms with Gasteiger partial charge in [-0.05, 0) is 79.1 Å². The first kappa shape index (κ1) is 20.2. The number of methoxy groups -OCH3 is 1. The summed E-state index contributed by atoms with van der Waals surface area (Å²) in [5.41, 5.74) is 2.33. The van der Waals surface area contributed by atoms with Crippen LogP contribution in [0.3, 0.4) is 0 Å². The maximum absolute atomic E-state index is 12.7. The Morgan fingerprint density at radius 3 is 2.29 bits per heavy atom.